The van der Waals surface area contributed by atoms with Gasteiger partial charge in [0.15, 0.2) is 0 Å². The fourth-order valence-electron chi connectivity index (χ4n) is 3.17. The maximum Gasteiger partial charge on any atom is 0.253 e. The first-order valence-corrected chi connectivity index (χ1v) is 9.77. The molecule has 152 valence electrons. The molecule has 0 aromatic heterocycles. The van der Waals surface area contributed by atoms with Gasteiger partial charge in [-0.05, 0) is 55.1 Å². The average molecular weight is 393 g/mol. The molecule has 0 saturated carbocycles. The van der Waals surface area contributed by atoms with Gasteiger partial charge >= 0.3 is 0 Å². The van der Waals surface area contributed by atoms with Crippen LogP contribution in [0.1, 0.15) is 15.9 Å². The van der Waals surface area contributed by atoms with Gasteiger partial charge in [0.2, 0.25) is 5.91 Å². The van der Waals surface area contributed by atoms with E-state index in [-0.39, 0.29) is 11.8 Å². The lowest BCUT2D eigenvalue weighted by Crippen LogP contribution is -2.44. The lowest BCUT2D eigenvalue weighted by molar-refractivity contribution is -0.111. The molecule has 1 aliphatic heterocycles. The van der Waals surface area contributed by atoms with Crippen LogP contribution in [0.4, 0.5) is 11.4 Å². The van der Waals surface area contributed by atoms with Crippen molar-refractivity contribution in [1.82, 2.24) is 9.80 Å². The van der Waals surface area contributed by atoms with Crippen molar-refractivity contribution in [3.63, 3.8) is 0 Å². The maximum absolute atomic E-state index is 12.2. The van der Waals surface area contributed by atoms with Gasteiger partial charge in [0.05, 0.1) is 0 Å². The zero-order valence-corrected chi connectivity index (χ0v) is 17.3. The Hall–Kier alpha value is -3.12. The SMILES string of the molecule is CN1CCN(c2ccc(NC(=O)/C=C/c3ccc(C(=O)N(C)C)cc3)cc2)CC1. The summed E-state index contributed by atoms with van der Waals surface area (Å²) < 4.78 is 0. The molecule has 0 aliphatic carbocycles. The molecule has 0 unspecified atom stereocenters. The molecule has 0 radical (unpaired) electrons. The summed E-state index contributed by atoms with van der Waals surface area (Å²) in [7, 11) is 5.58. The van der Waals surface area contributed by atoms with E-state index < -0.39 is 0 Å². The molecule has 6 nitrogen and oxygen atoms in total. The molecular weight excluding hydrogens is 364 g/mol. The quantitative estimate of drug-likeness (QED) is 0.795. The van der Waals surface area contributed by atoms with Gasteiger partial charge in [0.25, 0.3) is 5.91 Å². The predicted molar refractivity (Wildman–Crippen MR) is 118 cm³/mol. The van der Waals surface area contributed by atoms with E-state index in [9.17, 15) is 9.59 Å². The van der Waals surface area contributed by atoms with Crippen LogP contribution in [-0.4, -0.2) is 68.9 Å². The number of hydrogen-bond acceptors (Lipinski definition) is 4. The Kier molecular flexibility index (Phi) is 6.67. The fourth-order valence-corrected chi connectivity index (χ4v) is 3.17. The summed E-state index contributed by atoms with van der Waals surface area (Å²) in [5.74, 6) is -0.232. The van der Waals surface area contributed by atoms with Gasteiger partial charge in [-0.3, -0.25) is 9.59 Å². The molecule has 29 heavy (non-hydrogen) atoms. The van der Waals surface area contributed by atoms with Crippen LogP contribution in [0.3, 0.4) is 0 Å². The zero-order chi connectivity index (χ0) is 20.8. The third-order valence-corrected chi connectivity index (χ3v) is 4.99. The van der Waals surface area contributed by atoms with Crippen molar-refractivity contribution in [2.45, 2.75) is 0 Å². The lowest BCUT2D eigenvalue weighted by Gasteiger charge is -2.34. The lowest BCUT2D eigenvalue weighted by atomic mass is 10.1. The summed E-state index contributed by atoms with van der Waals surface area (Å²) in [4.78, 5) is 30.3. The number of anilines is 2. The molecule has 2 aromatic rings. The second-order valence-corrected chi connectivity index (χ2v) is 7.48. The summed E-state index contributed by atoms with van der Waals surface area (Å²) in [6.45, 7) is 4.16. The molecule has 1 N–H and O–H groups in total. The Labute approximate surface area is 172 Å². The maximum atomic E-state index is 12.2. The number of carbonyl (C=O) groups is 2. The molecule has 0 atom stereocenters. The van der Waals surface area contributed by atoms with E-state index >= 15 is 0 Å². The first-order valence-electron chi connectivity index (χ1n) is 9.77. The number of piperazine rings is 1. The number of hydrogen-bond donors (Lipinski definition) is 1. The van der Waals surface area contributed by atoms with Gasteiger partial charge in [-0.1, -0.05) is 12.1 Å². The zero-order valence-electron chi connectivity index (χ0n) is 17.3. The fraction of sp³-hybridized carbons (Fsp3) is 0.304. The topological polar surface area (TPSA) is 55.9 Å². The second-order valence-electron chi connectivity index (χ2n) is 7.48. The van der Waals surface area contributed by atoms with Gasteiger partial charge < -0.3 is 20.0 Å². The highest BCUT2D eigenvalue weighted by molar-refractivity contribution is 6.02. The minimum Gasteiger partial charge on any atom is -0.369 e. The monoisotopic (exact) mass is 392 g/mol. The van der Waals surface area contributed by atoms with Gasteiger partial charge in [0.1, 0.15) is 0 Å². The van der Waals surface area contributed by atoms with E-state index in [2.05, 4.69) is 22.2 Å². The summed E-state index contributed by atoms with van der Waals surface area (Å²) in [6.07, 6.45) is 3.23. The van der Waals surface area contributed by atoms with Crippen LogP contribution < -0.4 is 10.2 Å². The number of nitrogens with one attached hydrogen (secondary N) is 1. The second kappa shape index (κ2) is 9.39. The van der Waals surface area contributed by atoms with Crippen molar-refractivity contribution in [1.29, 1.82) is 0 Å². The Morgan fingerprint density at radius 2 is 1.55 bits per heavy atom. The highest BCUT2D eigenvalue weighted by Crippen LogP contribution is 2.19. The van der Waals surface area contributed by atoms with Crippen LogP contribution >= 0.6 is 0 Å². The standard InChI is InChI=1S/C23H28N4O2/c1-25(2)23(29)19-7-4-18(5-8-19)6-13-22(28)24-20-9-11-21(12-10-20)27-16-14-26(3)15-17-27/h4-13H,14-17H2,1-3H3,(H,24,28)/b13-6+. The number of carbonyl (C=O) groups excluding carboxylic acids is 2. The first kappa shape index (κ1) is 20.6. The van der Waals surface area contributed by atoms with Gasteiger partial charge in [-0.15, -0.1) is 0 Å². The Bertz CT molecular complexity index is 865. The van der Waals surface area contributed by atoms with Crippen molar-refractivity contribution in [2.75, 3.05) is 57.5 Å². The van der Waals surface area contributed by atoms with Crippen LogP contribution in [-0.2, 0) is 4.79 Å². The minimum atomic E-state index is -0.189. The molecular formula is C23H28N4O2. The van der Waals surface area contributed by atoms with E-state index in [1.165, 1.54) is 16.7 Å². The molecule has 1 saturated heterocycles. The van der Waals surface area contributed by atoms with Crippen molar-refractivity contribution in [3.05, 3.63) is 65.7 Å². The molecule has 1 aliphatic rings. The number of rotatable bonds is 5. The predicted octanol–water partition coefficient (Wildman–Crippen LogP) is 2.79. The third kappa shape index (κ3) is 5.68. The normalized spacial score (nSPS) is 14.8. The van der Waals surface area contributed by atoms with Crippen LogP contribution in [0.5, 0.6) is 0 Å². The largest absolute Gasteiger partial charge is 0.369 e. The summed E-state index contributed by atoms with van der Waals surface area (Å²) in [5, 5.41) is 2.88. The summed E-state index contributed by atoms with van der Waals surface area (Å²) >= 11 is 0. The van der Waals surface area contributed by atoms with E-state index in [1.54, 1.807) is 32.3 Å². The van der Waals surface area contributed by atoms with Crippen LogP contribution in [0.25, 0.3) is 6.08 Å². The van der Waals surface area contributed by atoms with Gasteiger partial charge in [-0.2, -0.15) is 0 Å². The molecule has 2 amide bonds. The molecule has 1 heterocycles. The number of amides is 2. The molecule has 2 aromatic carbocycles. The Morgan fingerprint density at radius 3 is 2.14 bits per heavy atom. The summed E-state index contributed by atoms with van der Waals surface area (Å²) in [6, 6.07) is 15.1. The number of benzene rings is 2. The molecule has 1 fully saturated rings. The molecule has 3 rings (SSSR count). The van der Waals surface area contributed by atoms with Crippen molar-refractivity contribution < 1.29 is 9.59 Å². The van der Waals surface area contributed by atoms with E-state index in [1.807, 2.05) is 36.4 Å². The third-order valence-electron chi connectivity index (χ3n) is 4.99. The van der Waals surface area contributed by atoms with E-state index in [4.69, 9.17) is 0 Å². The van der Waals surface area contributed by atoms with Crippen molar-refractivity contribution in [2.24, 2.45) is 0 Å². The van der Waals surface area contributed by atoms with Gasteiger partial charge in [0, 0.05) is 63.3 Å². The minimum absolute atomic E-state index is 0.0432. The Balaban J connectivity index is 1.54. The Morgan fingerprint density at radius 1 is 0.931 bits per heavy atom. The highest BCUT2D eigenvalue weighted by Gasteiger charge is 2.14. The van der Waals surface area contributed by atoms with E-state index in [0.29, 0.717) is 5.56 Å². The van der Waals surface area contributed by atoms with Crippen LogP contribution in [0.15, 0.2) is 54.6 Å². The highest BCUT2D eigenvalue weighted by atomic mass is 16.2. The van der Waals surface area contributed by atoms with Gasteiger partial charge in [-0.25, -0.2) is 0 Å². The van der Waals surface area contributed by atoms with Crippen molar-refractivity contribution in [3.8, 4) is 0 Å². The average Bonchev–Trinajstić information content (AvgIpc) is 2.73. The number of likely N-dealkylation sites (N-methyl/N-ethyl adjacent to an activating group) is 1. The van der Waals surface area contributed by atoms with Crippen molar-refractivity contribution >= 4 is 29.3 Å². The smallest absolute Gasteiger partial charge is 0.253 e. The van der Waals surface area contributed by atoms with E-state index in [0.717, 1.165) is 37.4 Å². The molecule has 6 heteroatoms. The van der Waals surface area contributed by atoms with Crippen LogP contribution in [0, 0.1) is 0 Å². The number of nitrogens with zero attached hydrogens (tertiary/aromatic N) is 3. The summed E-state index contributed by atoms with van der Waals surface area (Å²) in [5.41, 5.74) is 3.43. The first-order chi connectivity index (χ1) is 13.9. The molecule has 0 spiro atoms. The van der Waals surface area contributed by atoms with Crippen LogP contribution in [0.2, 0.25) is 0 Å². The molecule has 0 bridgehead atoms.